The molecule has 0 bridgehead atoms. The van der Waals surface area contributed by atoms with Gasteiger partial charge in [-0.2, -0.15) is 0 Å². The number of carbonyl (C=O) groups excluding carboxylic acids is 2. The molecule has 0 aliphatic carbocycles. The van der Waals surface area contributed by atoms with Gasteiger partial charge < -0.3 is 10.1 Å². The van der Waals surface area contributed by atoms with Gasteiger partial charge in [0.2, 0.25) is 5.91 Å². The first-order valence-electron chi connectivity index (χ1n) is 9.09. The fourth-order valence-corrected chi connectivity index (χ4v) is 2.58. The summed E-state index contributed by atoms with van der Waals surface area (Å²) in [4.78, 5) is 23.9. The van der Waals surface area contributed by atoms with E-state index in [-0.39, 0.29) is 30.6 Å². The molecule has 138 valence electrons. The Bertz CT molecular complexity index is 695. The van der Waals surface area contributed by atoms with Crippen LogP contribution in [0.3, 0.4) is 0 Å². The number of aryl methyl sites for hydroxylation is 1. The molecule has 0 saturated carbocycles. The van der Waals surface area contributed by atoms with Crippen molar-refractivity contribution < 1.29 is 14.3 Å². The molecule has 4 nitrogen and oxygen atoms in total. The zero-order valence-electron chi connectivity index (χ0n) is 15.5. The molecule has 0 fully saturated rings. The van der Waals surface area contributed by atoms with Crippen LogP contribution < -0.4 is 5.32 Å². The second kappa shape index (κ2) is 10.5. The van der Waals surface area contributed by atoms with E-state index in [1.54, 1.807) is 12.1 Å². The number of hydrogen-bond donors (Lipinski definition) is 1. The van der Waals surface area contributed by atoms with Crippen molar-refractivity contribution in [3.8, 4) is 0 Å². The lowest BCUT2D eigenvalue weighted by Gasteiger charge is -2.13. The fourth-order valence-electron chi connectivity index (χ4n) is 2.58. The number of carbonyl (C=O) groups is 2. The van der Waals surface area contributed by atoms with Crippen molar-refractivity contribution in [3.05, 3.63) is 71.3 Å². The first kappa shape index (κ1) is 19.9. The van der Waals surface area contributed by atoms with Gasteiger partial charge in [0.15, 0.2) is 5.78 Å². The van der Waals surface area contributed by atoms with E-state index in [1.807, 2.05) is 56.3 Å². The Balaban J connectivity index is 1.57. The van der Waals surface area contributed by atoms with E-state index >= 15 is 0 Å². The molecule has 0 radical (unpaired) electrons. The number of rotatable bonds is 10. The lowest BCUT2D eigenvalue weighted by Crippen LogP contribution is -2.25. The molecule has 0 aliphatic heterocycles. The van der Waals surface area contributed by atoms with Crippen LogP contribution in [0.1, 0.15) is 53.8 Å². The molecule has 0 spiro atoms. The second-order valence-corrected chi connectivity index (χ2v) is 6.42. The normalized spacial score (nSPS) is 11.8. The van der Waals surface area contributed by atoms with Crippen LogP contribution in [0.15, 0.2) is 54.6 Å². The summed E-state index contributed by atoms with van der Waals surface area (Å²) in [5, 5.41) is 2.84. The molecular formula is C22H27NO3. The molecule has 4 heteroatoms. The molecule has 1 amide bonds. The van der Waals surface area contributed by atoms with Crippen LogP contribution in [0.2, 0.25) is 0 Å². The number of nitrogens with one attached hydrogen (secondary N) is 1. The first-order valence-corrected chi connectivity index (χ1v) is 9.09. The van der Waals surface area contributed by atoms with Gasteiger partial charge in [-0.3, -0.25) is 9.59 Å². The predicted molar refractivity (Wildman–Crippen MR) is 103 cm³/mol. The minimum Gasteiger partial charge on any atom is -0.374 e. The van der Waals surface area contributed by atoms with Crippen molar-refractivity contribution in [2.75, 3.05) is 13.2 Å². The Morgan fingerprint density at radius 2 is 1.69 bits per heavy atom. The quantitative estimate of drug-likeness (QED) is 0.513. The largest absolute Gasteiger partial charge is 0.374 e. The van der Waals surface area contributed by atoms with Gasteiger partial charge in [0.25, 0.3) is 0 Å². The summed E-state index contributed by atoms with van der Waals surface area (Å²) in [6.45, 7) is 5.13. The Kier molecular flexibility index (Phi) is 8.03. The summed E-state index contributed by atoms with van der Waals surface area (Å²) in [6, 6.07) is 17.5. The Labute approximate surface area is 155 Å². The molecule has 2 aromatic rings. The van der Waals surface area contributed by atoms with Crippen molar-refractivity contribution in [1.82, 2.24) is 5.32 Å². The Morgan fingerprint density at radius 3 is 2.38 bits per heavy atom. The average molecular weight is 353 g/mol. The predicted octanol–water partition coefficient (Wildman–Crippen LogP) is 4.24. The fraction of sp³-hybridized carbons (Fsp3) is 0.364. The van der Waals surface area contributed by atoms with Crippen molar-refractivity contribution in [2.45, 2.75) is 39.2 Å². The SMILES string of the molecule is Cc1ccc(C(=O)CCC(=O)NCCCO[C@H](C)c2ccccc2)cc1. The van der Waals surface area contributed by atoms with E-state index in [0.29, 0.717) is 18.7 Å². The Morgan fingerprint density at radius 1 is 1.00 bits per heavy atom. The highest BCUT2D eigenvalue weighted by molar-refractivity contribution is 5.97. The van der Waals surface area contributed by atoms with E-state index in [4.69, 9.17) is 4.74 Å². The number of hydrogen-bond acceptors (Lipinski definition) is 3. The lowest BCUT2D eigenvalue weighted by molar-refractivity contribution is -0.121. The highest BCUT2D eigenvalue weighted by Gasteiger charge is 2.09. The molecule has 0 aromatic heterocycles. The van der Waals surface area contributed by atoms with Gasteiger partial charge in [0, 0.05) is 31.6 Å². The third-order valence-corrected chi connectivity index (χ3v) is 4.23. The molecule has 1 N–H and O–H groups in total. The zero-order chi connectivity index (χ0) is 18.8. The van der Waals surface area contributed by atoms with E-state index in [1.165, 1.54) is 0 Å². The van der Waals surface area contributed by atoms with E-state index in [2.05, 4.69) is 5.32 Å². The topological polar surface area (TPSA) is 55.4 Å². The Hall–Kier alpha value is -2.46. The molecule has 0 unspecified atom stereocenters. The standard InChI is InChI=1S/C22H27NO3/c1-17-9-11-20(12-10-17)21(24)13-14-22(25)23-15-6-16-26-18(2)19-7-4-3-5-8-19/h3-5,7-12,18H,6,13-16H2,1-2H3,(H,23,25)/t18-/m1/s1. The lowest BCUT2D eigenvalue weighted by atomic mass is 10.1. The molecule has 0 saturated heterocycles. The number of ketones is 1. The summed E-state index contributed by atoms with van der Waals surface area (Å²) < 4.78 is 5.77. The van der Waals surface area contributed by atoms with Gasteiger partial charge in [-0.25, -0.2) is 0 Å². The number of ether oxygens (including phenoxy) is 1. The van der Waals surface area contributed by atoms with Crippen LogP contribution in [-0.2, 0) is 9.53 Å². The van der Waals surface area contributed by atoms with Crippen molar-refractivity contribution in [2.24, 2.45) is 0 Å². The molecule has 0 aliphatic rings. The summed E-state index contributed by atoms with van der Waals surface area (Å²) >= 11 is 0. The van der Waals surface area contributed by atoms with Crippen molar-refractivity contribution >= 4 is 11.7 Å². The van der Waals surface area contributed by atoms with Crippen molar-refractivity contribution in [3.63, 3.8) is 0 Å². The highest BCUT2D eigenvalue weighted by Crippen LogP contribution is 2.15. The van der Waals surface area contributed by atoms with Gasteiger partial charge in [-0.15, -0.1) is 0 Å². The summed E-state index contributed by atoms with van der Waals surface area (Å²) in [6.07, 6.45) is 1.23. The highest BCUT2D eigenvalue weighted by atomic mass is 16.5. The van der Waals surface area contributed by atoms with Gasteiger partial charge in [0.1, 0.15) is 0 Å². The average Bonchev–Trinajstić information content (AvgIpc) is 2.67. The van der Waals surface area contributed by atoms with Crippen molar-refractivity contribution in [1.29, 1.82) is 0 Å². The van der Waals surface area contributed by atoms with Crippen LogP contribution in [0.25, 0.3) is 0 Å². The van der Waals surface area contributed by atoms with Crippen LogP contribution in [0, 0.1) is 6.92 Å². The van der Waals surface area contributed by atoms with Gasteiger partial charge in [-0.05, 0) is 25.8 Å². The smallest absolute Gasteiger partial charge is 0.220 e. The summed E-state index contributed by atoms with van der Waals surface area (Å²) in [5.74, 6) is -0.0956. The van der Waals surface area contributed by atoms with Crippen LogP contribution in [0.5, 0.6) is 0 Å². The monoisotopic (exact) mass is 353 g/mol. The minimum absolute atomic E-state index is 0.000157. The maximum atomic E-state index is 12.0. The van der Waals surface area contributed by atoms with Gasteiger partial charge in [0.05, 0.1) is 6.10 Å². The summed E-state index contributed by atoms with van der Waals surface area (Å²) in [7, 11) is 0. The maximum Gasteiger partial charge on any atom is 0.220 e. The summed E-state index contributed by atoms with van der Waals surface area (Å²) in [5.41, 5.74) is 2.92. The number of amides is 1. The van der Waals surface area contributed by atoms with Crippen LogP contribution in [-0.4, -0.2) is 24.8 Å². The third kappa shape index (κ3) is 6.81. The molecule has 1 atom stereocenters. The maximum absolute atomic E-state index is 12.0. The van der Waals surface area contributed by atoms with E-state index in [9.17, 15) is 9.59 Å². The van der Waals surface area contributed by atoms with E-state index < -0.39 is 0 Å². The third-order valence-electron chi connectivity index (χ3n) is 4.23. The number of Topliss-reactive ketones (excluding diaryl/α,β-unsaturated/α-hetero) is 1. The van der Waals surface area contributed by atoms with Crippen LogP contribution >= 0.6 is 0 Å². The molecular weight excluding hydrogens is 326 g/mol. The van der Waals surface area contributed by atoms with E-state index in [0.717, 1.165) is 17.5 Å². The number of benzene rings is 2. The zero-order valence-corrected chi connectivity index (χ0v) is 15.5. The first-order chi connectivity index (χ1) is 12.6. The minimum atomic E-state index is -0.0958. The molecule has 2 rings (SSSR count). The second-order valence-electron chi connectivity index (χ2n) is 6.42. The van der Waals surface area contributed by atoms with Crippen LogP contribution in [0.4, 0.5) is 0 Å². The van der Waals surface area contributed by atoms with Gasteiger partial charge >= 0.3 is 0 Å². The molecule has 0 heterocycles. The molecule has 2 aromatic carbocycles. The van der Waals surface area contributed by atoms with Gasteiger partial charge in [-0.1, -0.05) is 60.2 Å². The molecule has 26 heavy (non-hydrogen) atoms.